The van der Waals surface area contributed by atoms with Gasteiger partial charge in [0, 0.05) is 24.5 Å². The number of carbonyl (C=O) groups excluding carboxylic acids is 1. The van der Waals surface area contributed by atoms with E-state index in [0.29, 0.717) is 16.8 Å². The van der Waals surface area contributed by atoms with E-state index in [1.165, 1.54) is 0 Å². The third-order valence-electron chi connectivity index (χ3n) is 3.27. The van der Waals surface area contributed by atoms with Gasteiger partial charge < -0.3 is 9.67 Å². The third kappa shape index (κ3) is 5.26. The Morgan fingerprint density at radius 1 is 1.08 bits per heavy atom. The molecule has 1 heterocycles. The number of hydrogen-bond donors (Lipinski definition) is 2. The van der Waals surface area contributed by atoms with Gasteiger partial charge in [0.2, 0.25) is 0 Å². The van der Waals surface area contributed by atoms with Crippen LogP contribution in [-0.2, 0) is 7.05 Å². The van der Waals surface area contributed by atoms with Crippen LogP contribution < -0.4 is 5.32 Å². The zero-order valence-corrected chi connectivity index (χ0v) is 15.2. The monoisotopic (exact) mass is 330 g/mol. The summed E-state index contributed by atoms with van der Waals surface area (Å²) in [5.74, 6) is 0.645. The van der Waals surface area contributed by atoms with E-state index in [9.17, 15) is 9.59 Å². The van der Waals surface area contributed by atoms with E-state index in [1.54, 1.807) is 36.9 Å². The number of aryl methyl sites for hydroxylation is 2. The first-order valence-corrected chi connectivity index (χ1v) is 7.90. The van der Waals surface area contributed by atoms with Gasteiger partial charge in [0.15, 0.2) is 5.78 Å². The molecule has 0 atom stereocenters. The second-order valence-corrected chi connectivity index (χ2v) is 6.47. The number of amides is 1. The highest BCUT2D eigenvalue weighted by Crippen LogP contribution is 2.25. The molecule has 2 rings (SSSR count). The summed E-state index contributed by atoms with van der Waals surface area (Å²) in [6.07, 6.45) is 0.416. The third-order valence-corrected chi connectivity index (χ3v) is 3.27. The Morgan fingerprint density at radius 3 is 2.04 bits per heavy atom. The fourth-order valence-corrected chi connectivity index (χ4v) is 2.07. The fraction of sp³-hybridized carbons (Fsp3) is 0.368. The Morgan fingerprint density at radius 2 is 1.58 bits per heavy atom. The van der Waals surface area contributed by atoms with Crippen molar-refractivity contribution in [3.05, 3.63) is 52.8 Å². The Hall–Kier alpha value is -2.56. The molecular weight excluding hydrogens is 304 g/mol. The molecule has 0 saturated heterocycles. The number of rotatable bonds is 3. The number of anilines is 1. The SMILES string of the molecule is CC(C)C.Cc1ccc(C(=O)c2c(NC(=O)O)cn(C)c2C)cc1. The summed E-state index contributed by atoms with van der Waals surface area (Å²) < 4.78 is 1.73. The molecule has 24 heavy (non-hydrogen) atoms. The number of nitrogens with one attached hydrogen (secondary N) is 1. The normalized spacial score (nSPS) is 10.1. The van der Waals surface area contributed by atoms with Crippen LogP contribution in [0.4, 0.5) is 10.5 Å². The Labute approximate surface area is 143 Å². The first kappa shape index (κ1) is 19.5. The van der Waals surface area contributed by atoms with Gasteiger partial charge in [-0.2, -0.15) is 0 Å². The Balaban J connectivity index is 0.000000648. The van der Waals surface area contributed by atoms with Crippen LogP contribution in [0.3, 0.4) is 0 Å². The van der Waals surface area contributed by atoms with Crippen molar-refractivity contribution in [1.82, 2.24) is 4.57 Å². The predicted molar refractivity (Wildman–Crippen MR) is 96.9 cm³/mol. The molecule has 0 aliphatic heterocycles. The molecule has 2 aromatic rings. The minimum Gasteiger partial charge on any atom is -0.465 e. The van der Waals surface area contributed by atoms with Gasteiger partial charge in [-0.1, -0.05) is 50.6 Å². The van der Waals surface area contributed by atoms with Gasteiger partial charge in [0.25, 0.3) is 0 Å². The highest BCUT2D eigenvalue weighted by Gasteiger charge is 2.20. The Bertz CT molecular complexity index is 710. The fourth-order valence-electron chi connectivity index (χ4n) is 2.07. The summed E-state index contributed by atoms with van der Waals surface area (Å²) in [6.45, 7) is 10.2. The van der Waals surface area contributed by atoms with Crippen LogP contribution in [-0.4, -0.2) is 21.6 Å². The van der Waals surface area contributed by atoms with Crippen LogP contribution in [0.5, 0.6) is 0 Å². The second-order valence-electron chi connectivity index (χ2n) is 6.47. The zero-order chi connectivity index (χ0) is 18.4. The highest BCUT2D eigenvalue weighted by atomic mass is 16.4. The molecule has 0 aliphatic rings. The van der Waals surface area contributed by atoms with Crippen molar-refractivity contribution in [3.63, 3.8) is 0 Å². The number of nitrogens with zero attached hydrogens (tertiary/aromatic N) is 1. The average Bonchev–Trinajstić information content (AvgIpc) is 2.72. The molecule has 5 heteroatoms. The molecule has 5 nitrogen and oxygen atoms in total. The van der Waals surface area contributed by atoms with Crippen molar-refractivity contribution in [2.45, 2.75) is 34.6 Å². The van der Waals surface area contributed by atoms with Crippen molar-refractivity contribution in [2.75, 3.05) is 5.32 Å². The molecule has 0 spiro atoms. The van der Waals surface area contributed by atoms with E-state index in [0.717, 1.165) is 17.2 Å². The first-order valence-electron chi connectivity index (χ1n) is 7.90. The van der Waals surface area contributed by atoms with Crippen LogP contribution >= 0.6 is 0 Å². The summed E-state index contributed by atoms with van der Waals surface area (Å²) in [5.41, 5.74) is 3.02. The molecule has 0 unspecified atom stereocenters. The van der Waals surface area contributed by atoms with Gasteiger partial charge in [-0.05, 0) is 19.8 Å². The molecule has 130 valence electrons. The lowest BCUT2D eigenvalue weighted by molar-refractivity contribution is 0.103. The summed E-state index contributed by atoms with van der Waals surface area (Å²) in [5, 5.41) is 11.1. The molecule has 0 radical (unpaired) electrons. The molecule has 0 saturated carbocycles. The van der Waals surface area contributed by atoms with E-state index < -0.39 is 6.09 Å². The van der Waals surface area contributed by atoms with Gasteiger partial charge in [0.1, 0.15) is 0 Å². The van der Waals surface area contributed by atoms with Gasteiger partial charge in [-0.25, -0.2) is 4.79 Å². The Kier molecular flexibility index (Phi) is 6.77. The second kappa shape index (κ2) is 8.34. The summed E-state index contributed by atoms with van der Waals surface area (Å²) >= 11 is 0. The summed E-state index contributed by atoms with van der Waals surface area (Å²) in [4.78, 5) is 23.4. The van der Waals surface area contributed by atoms with E-state index in [1.807, 2.05) is 19.1 Å². The highest BCUT2D eigenvalue weighted by molar-refractivity contribution is 6.14. The van der Waals surface area contributed by atoms with Crippen molar-refractivity contribution in [1.29, 1.82) is 0 Å². The van der Waals surface area contributed by atoms with Crippen LogP contribution in [0.2, 0.25) is 0 Å². The maximum absolute atomic E-state index is 12.5. The first-order chi connectivity index (χ1) is 11.1. The summed E-state index contributed by atoms with van der Waals surface area (Å²) in [6, 6.07) is 7.20. The minimum atomic E-state index is -1.19. The lowest BCUT2D eigenvalue weighted by Gasteiger charge is -2.05. The average molecular weight is 330 g/mol. The number of carboxylic acid groups (broad SMARTS) is 1. The molecule has 2 N–H and O–H groups in total. The molecule has 0 bridgehead atoms. The van der Waals surface area contributed by atoms with Crippen molar-refractivity contribution < 1.29 is 14.7 Å². The van der Waals surface area contributed by atoms with Crippen LogP contribution in [0.1, 0.15) is 48.0 Å². The van der Waals surface area contributed by atoms with Crippen LogP contribution in [0, 0.1) is 19.8 Å². The lowest BCUT2D eigenvalue weighted by Crippen LogP contribution is -2.11. The topological polar surface area (TPSA) is 71.3 Å². The number of hydrogen-bond acceptors (Lipinski definition) is 2. The van der Waals surface area contributed by atoms with Crippen LogP contribution in [0.25, 0.3) is 0 Å². The van der Waals surface area contributed by atoms with Crippen molar-refractivity contribution in [2.24, 2.45) is 13.0 Å². The van der Waals surface area contributed by atoms with Crippen molar-refractivity contribution in [3.8, 4) is 0 Å². The largest absolute Gasteiger partial charge is 0.465 e. The van der Waals surface area contributed by atoms with Gasteiger partial charge in [-0.3, -0.25) is 10.1 Å². The zero-order valence-electron chi connectivity index (χ0n) is 15.2. The smallest absolute Gasteiger partial charge is 0.409 e. The molecule has 1 aromatic carbocycles. The molecule has 0 aliphatic carbocycles. The number of benzene rings is 1. The lowest BCUT2D eigenvalue weighted by atomic mass is 10.0. The maximum atomic E-state index is 12.5. The predicted octanol–water partition coefficient (Wildman–Crippen LogP) is 4.63. The van der Waals surface area contributed by atoms with Gasteiger partial charge in [-0.15, -0.1) is 0 Å². The number of ketones is 1. The van der Waals surface area contributed by atoms with E-state index in [4.69, 9.17) is 5.11 Å². The quantitative estimate of drug-likeness (QED) is 0.806. The van der Waals surface area contributed by atoms with E-state index in [-0.39, 0.29) is 5.78 Å². The summed E-state index contributed by atoms with van der Waals surface area (Å²) in [7, 11) is 1.77. The van der Waals surface area contributed by atoms with Gasteiger partial charge >= 0.3 is 6.09 Å². The van der Waals surface area contributed by atoms with Crippen LogP contribution in [0.15, 0.2) is 30.5 Å². The molecular formula is C19H26N2O3. The number of carbonyl (C=O) groups is 2. The number of aromatic nitrogens is 1. The minimum absolute atomic E-state index is 0.188. The van der Waals surface area contributed by atoms with Gasteiger partial charge in [0.05, 0.1) is 11.3 Å². The maximum Gasteiger partial charge on any atom is 0.409 e. The van der Waals surface area contributed by atoms with E-state index >= 15 is 0 Å². The molecule has 1 aromatic heterocycles. The van der Waals surface area contributed by atoms with E-state index in [2.05, 4.69) is 26.1 Å². The standard InChI is InChI=1S/C15H16N2O3.C4H10/c1-9-4-6-11(7-5-9)14(18)13-10(2)17(3)8-12(13)16-15(19)20;1-4(2)3/h4-8,16H,1-3H3,(H,19,20);4H,1-3H3. The molecule has 0 fully saturated rings. The van der Waals surface area contributed by atoms with Crippen molar-refractivity contribution >= 4 is 17.6 Å². The molecule has 1 amide bonds.